The number of hydrogen-bond donors (Lipinski definition) is 0. The zero-order valence-corrected chi connectivity index (χ0v) is 17.4. The Morgan fingerprint density at radius 1 is 0.379 bits per heavy atom. The van der Waals surface area contributed by atoms with Crippen molar-refractivity contribution >= 4 is 15.9 Å². The minimum absolute atomic E-state index is 0.330. The van der Waals surface area contributed by atoms with E-state index in [0.29, 0.717) is 23.7 Å². The minimum Gasteiger partial charge on any atom is -0.0620 e. The van der Waals surface area contributed by atoms with E-state index in [4.69, 9.17) is 0 Å². The van der Waals surface area contributed by atoms with Crippen LogP contribution >= 0.6 is 15.9 Å². The second kappa shape index (κ2) is 5.70. The molecule has 2 unspecified atom stereocenters. The van der Waals surface area contributed by atoms with E-state index in [1.165, 1.54) is 49.0 Å². The molecule has 2 atom stereocenters. The first-order chi connectivity index (χ1) is 14.3. The first kappa shape index (κ1) is 16.2. The Kier molecular flexibility index (Phi) is 3.18. The van der Waals surface area contributed by atoms with Crippen LogP contribution in [-0.2, 0) is 0 Å². The van der Waals surface area contributed by atoms with Crippen LogP contribution in [0.1, 0.15) is 68.2 Å². The van der Waals surface area contributed by atoms with Gasteiger partial charge in [0.2, 0.25) is 0 Å². The fourth-order valence-electron chi connectivity index (χ4n) is 6.47. The molecule has 4 aromatic carbocycles. The Labute approximate surface area is 179 Å². The van der Waals surface area contributed by atoms with Crippen molar-refractivity contribution in [1.82, 2.24) is 0 Å². The molecule has 4 aromatic rings. The molecule has 0 aliphatic heterocycles. The van der Waals surface area contributed by atoms with Crippen LogP contribution < -0.4 is 0 Å². The summed E-state index contributed by atoms with van der Waals surface area (Å²) in [6, 6.07) is 34.4. The highest BCUT2D eigenvalue weighted by Crippen LogP contribution is 2.64. The molecule has 0 radical (unpaired) electrons. The van der Waals surface area contributed by atoms with E-state index in [0.717, 1.165) is 0 Å². The summed E-state index contributed by atoms with van der Waals surface area (Å²) >= 11 is 3.95. The Bertz CT molecular complexity index is 1250. The van der Waals surface area contributed by atoms with Crippen LogP contribution in [0.5, 0.6) is 0 Å². The Balaban J connectivity index is 1.70. The molecule has 0 heterocycles. The zero-order chi connectivity index (χ0) is 19.1. The minimum atomic E-state index is 0.330. The van der Waals surface area contributed by atoms with E-state index in [9.17, 15) is 0 Å². The van der Waals surface area contributed by atoms with E-state index >= 15 is 0 Å². The number of benzene rings is 4. The fourth-order valence-corrected chi connectivity index (χ4v) is 7.09. The van der Waals surface area contributed by atoms with Crippen molar-refractivity contribution in [2.24, 2.45) is 0 Å². The highest BCUT2D eigenvalue weighted by molar-refractivity contribution is 9.10. The van der Waals surface area contributed by atoms with Gasteiger partial charge in [-0.1, -0.05) is 101 Å². The molecule has 0 saturated carbocycles. The summed E-state index contributed by atoms with van der Waals surface area (Å²) < 4.78 is 1.25. The number of rotatable bonds is 0. The van der Waals surface area contributed by atoms with Crippen molar-refractivity contribution < 1.29 is 0 Å². The molecule has 0 spiro atoms. The zero-order valence-electron chi connectivity index (χ0n) is 15.8. The quantitative estimate of drug-likeness (QED) is 0.272. The maximum atomic E-state index is 3.95. The number of halogens is 1. The lowest BCUT2D eigenvalue weighted by Crippen LogP contribution is -2.35. The van der Waals surface area contributed by atoms with E-state index in [1.54, 1.807) is 0 Å². The van der Waals surface area contributed by atoms with Gasteiger partial charge in [-0.15, -0.1) is 0 Å². The number of hydrogen-bond acceptors (Lipinski definition) is 0. The molecule has 1 heteroatoms. The van der Waals surface area contributed by atoms with Crippen LogP contribution in [-0.4, -0.2) is 0 Å². The van der Waals surface area contributed by atoms with Gasteiger partial charge in [0.05, 0.1) is 0 Å². The van der Waals surface area contributed by atoms with Gasteiger partial charge in [0.1, 0.15) is 0 Å². The van der Waals surface area contributed by atoms with Gasteiger partial charge in [-0.3, -0.25) is 0 Å². The predicted molar refractivity (Wildman–Crippen MR) is 121 cm³/mol. The lowest BCUT2D eigenvalue weighted by atomic mass is 9.53. The van der Waals surface area contributed by atoms with Crippen LogP contribution in [0.25, 0.3) is 0 Å². The molecule has 10 rings (SSSR count). The van der Waals surface area contributed by atoms with Crippen LogP contribution in [0.2, 0.25) is 0 Å². The molecule has 4 bridgehead atoms. The molecule has 138 valence electrons. The summed E-state index contributed by atoms with van der Waals surface area (Å²) in [5, 5.41) is 0. The first-order valence-electron chi connectivity index (χ1n) is 10.4. The third-order valence-corrected chi connectivity index (χ3v) is 8.09. The molecule has 0 saturated heterocycles. The molecule has 6 aliphatic rings. The molecule has 0 amide bonds. The Hall–Kier alpha value is -2.64. The third-order valence-electron chi connectivity index (χ3n) is 7.40. The topological polar surface area (TPSA) is 0 Å². The van der Waals surface area contributed by atoms with Gasteiger partial charge in [0, 0.05) is 28.1 Å². The van der Waals surface area contributed by atoms with Crippen LogP contribution in [0.4, 0.5) is 0 Å². The lowest BCUT2D eigenvalue weighted by molar-refractivity contribution is 0.528. The highest BCUT2D eigenvalue weighted by Gasteiger charge is 2.49. The van der Waals surface area contributed by atoms with Gasteiger partial charge >= 0.3 is 0 Å². The molecule has 29 heavy (non-hydrogen) atoms. The van der Waals surface area contributed by atoms with Gasteiger partial charge in [-0.2, -0.15) is 0 Å². The van der Waals surface area contributed by atoms with Gasteiger partial charge in [-0.25, -0.2) is 0 Å². The first-order valence-corrected chi connectivity index (χ1v) is 11.2. The van der Waals surface area contributed by atoms with Gasteiger partial charge < -0.3 is 0 Å². The second-order valence-electron chi connectivity index (χ2n) is 8.54. The lowest BCUT2D eigenvalue weighted by Gasteiger charge is -2.50. The smallest absolute Gasteiger partial charge is 0.0216 e. The standard InChI is InChI=1S/C28H19Br/c29-23-15-7-14-22-26-20-12-5-6-13-21(20)28(27(22)23)25-18-10-3-1-8-16(18)24(26)17-9-2-4-11-19(17)25/h1-15,24-26,28H. The highest BCUT2D eigenvalue weighted by atomic mass is 79.9. The summed E-state index contributed by atoms with van der Waals surface area (Å²) in [6.07, 6.45) is 0. The Morgan fingerprint density at radius 3 is 1.21 bits per heavy atom. The van der Waals surface area contributed by atoms with Gasteiger partial charge in [0.15, 0.2) is 0 Å². The summed E-state index contributed by atoms with van der Waals surface area (Å²) in [7, 11) is 0. The van der Waals surface area contributed by atoms with Crippen molar-refractivity contribution in [1.29, 1.82) is 0 Å². The van der Waals surface area contributed by atoms with E-state index in [1.807, 2.05) is 0 Å². The predicted octanol–water partition coefficient (Wildman–Crippen LogP) is 7.32. The molecule has 0 nitrogen and oxygen atoms in total. The van der Waals surface area contributed by atoms with Crippen molar-refractivity contribution in [2.45, 2.75) is 23.7 Å². The fraction of sp³-hybridized carbons (Fsp3) is 0.143. The van der Waals surface area contributed by atoms with E-state index in [2.05, 4.69) is 107 Å². The summed E-state index contributed by atoms with van der Waals surface area (Å²) in [5.41, 5.74) is 12.1. The molecule has 0 aromatic heterocycles. The third kappa shape index (κ3) is 1.94. The maximum Gasteiger partial charge on any atom is 0.0216 e. The molecular weight excluding hydrogens is 416 g/mol. The van der Waals surface area contributed by atoms with E-state index in [-0.39, 0.29) is 0 Å². The SMILES string of the molecule is Brc1cccc2c1C1c3ccccc3C2C2c3ccccc3C1c1ccccc12. The van der Waals surface area contributed by atoms with Crippen molar-refractivity contribution in [3.63, 3.8) is 0 Å². The van der Waals surface area contributed by atoms with Crippen molar-refractivity contribution in [3.8, 4) is 0 Å². The summed E-state index contributed by atoms with van der Waals surface area (Å²) in [4.78, 5) is 0. The largest absolute Gasteiger partial charge is 0.0620 e. The Morgan fingerprint density at radius 2 is 0.724 bits per heavy atom. The van der Waals surface area contributed by atoms with Crippen LogP contribution in [0.15, 0.2) is 95.5 Å². The monoisotopic (exact) mass is 434 g/mol. The van der Waals surface area contributed by atoms with Crippen molar-refractivity contribution in [3.05, 3.63) is 140 Å². The average Bonchev–Trinajstić information content (AvgIpc) is 2.75. The van der Waals surface area contributed by atoms with Crippen molar-refractivity contribution in [2.75, 3.05) is 0 Å². The summed E-state index contributed by atoms with van der Waals surface area (Å²) in [5.74, 6) is 1.38. The molecular formula is C28H19Br. The van der Waals surface area contributed by atoms with Crippen LogP contribution in [0.3, 0.4) is 0 Å². The molecule has 0 fully saturated rings. The van der Waals surface area contributed by atoms with E-state index < -0.39 is 0 Å². The van der Waals surface area contributed by atoms with Crippen LogP contribution in [0, 0.1) is 0 Å². The second-order valence-corrected chi connectivity index (χ2v) is 9.39. The molecule has 6 aliphatic carbocycles. The maximum absolute atomic E-state index is 3.95. The van der Waals surface area contributed by atoms with Gasteiger partial charge in [-0.05, 0) is 50.6 Å². The normalized spacial score (nSPS) is 24.7. The van der Waals surface area contributed by atoms with Gasteiger partial charge in [0.25, 0.3) is 0 Å². The average molecular weight is 435 g/mol. The summed E-state index contributed by atoms with van der Waals surface area (Å²) in [6.45, 7) is 0. The molecule has 0 N–H and O–H groups in total.